The molecule has 0 saturated heterocycles. The lowest BCUT2D eigenvalue weighted by Crippen LogP contribution is -2.42. The second-order valence-corrected chi connectivity index (χ2v) is 6.62. The molecule has 0 radical (unpaired) electrons. The lowest BCUT2D eigenvalue weighted by molar-refractivity contribution is -0.120. The highest BCUT2D eigenvalue weighted by Gasteiger charge is 2.16. The Labute approximate surface area is 156 Å². The van der Waals surface area contributed by atoms with Crippen molar-refractivity contribution in [3.8, 4) is 11.5 Å². The smallest absolute Gasteiger partial charge is 0.226 e. The van der Waals surface area contributed by atoms with Gasteiger partial charge in [0, 0.05) is 18.2 Å². The zero-order valence-corrected chi connectivity index (χ0v) is 16.6. The molecule has 2 rings (SSSR count). The van der Waals surface area contributed by atoms with Crippen molar-refractivity contribution in [3.63, 3.8) is 0 Å². The average Bonchev–Trinajstić information content (AvgIpc) is 3.01. The number of rotatable bonds is 9. The number of likely N-dealkylation sites (N-methyl/N-ethyl adjacent to an activating group) is 1. The molecule has 0 aliphatic carbocycles. The van der Waals surface area contributed by atoms with Crippen molar-refractivity contribution in [2.45, 2.75) is 53.5 Å². The molecule has 0 fully saturated rings. The van der Waals surface area contributed by atoms with E-state index in [1.54, 1.807) is 0 Å². The van der Waals surface area contributed by atoms with E-state index in [4.69, 9.17) is 4.42 Å². The zero-order chi connectivity index (χ0) is 19.1. The van der Waals surface area contributed by atoms with E-state index in [2.05, 4.69) is 55.0 Å². The molecule has 142 valence electrons. The van der Waals surface area contributed by atoms with Gasteiger partial charge in [-0.3, -0.25) is 9.69 Å². The molecule has 5 heteroatoms. The van der Waals surface area contributed by atoms with Gasteiger partial charge in [0.2, 0.25) is 11.8 Å². The number of hydrogen-bond acceptors (Lipinski definition) is 4. The van der Waals surface area contributed by atoms with Crippen LogP contribution in [0.4, 0.5) is 0 Å². The highest BCUT2D eigenvalue weighted by atomic mass is 16.4. The van der Waals surface area contributed by atoms with Crippen molar-refractivity contribution in [1.29, 1.82) is 0 Å². The Bertz CT molecular complexity index is 703. The summed E-state index contributed by atoms with van der Waals surface area (Å²) < 4.78 is 5.77. The Morgan fingerprint density at radius 1 is 1.19 bits per heavy atom. The maximum Gasteiger partial charge on any atom is 0.226 e. The van der Waals surface area contributed by atoms with E-state index in [9.17, 15) is 4.79 Å². The van der Waals surface area contributed by atoms with Crippen LogP contribution in [-0.2, 0) is 17.6 Å². The number of benzene rings is 1. The third kappa shape index (κ3) is 5.18. The normalized spacial score (nSPS) is 12.4. The van der Waals surface area contributed by atoms with E-state index in [1.165, 1.54) is 5.56 Å². The molecule has 1 aromatic carbocycles. The molecule has 0 saturated carbocycles. The SMILES string of the molecule is CCc1ccc(-c2nc(CC(=O)NCC(C)N(CC)CC)c(C)o2)cc1. The van der Waals surface area contributed by atoms with Gasteiger partial charge in [-0.2, -0.15) is 0 Å². The molecular weight excluding hydrogens is 326 g/mol. The topological polar surface area (TPSA) is 58.4 Å². The number of aromatic nitrogens is 1. The van der Waals surface area contributed by atoms with Gasteiger partial charge in [-0.25, -0.2) is 4.98 Å². The number of nitrogens with zero attached hydrogens (tertiary/aromatic N) is 2. The van der Waals surface area contributed by atoms with E-state index in [0.29, 0.717) is 29.9 Å². The molecule has 1 heterocycles. The van der Waals surface area contributed by atoms with Crippen molar-refractivity contribution in [3.05, 3.63) is 41.3 Å². The molecule has 1 amide bonds. The predicted octanol–water partition coefficient (Wildman–Crippen LogP) is 3.60. The Morgan fingerprint density at radius 3 is 2.42 bits per heavy atom. The molecule has 0 aliphatic heterocycles. The van der Waals surface area contributed by atoms with E-state index >= 15 is 0 Å². The van der Waals surface area contributed by atoms with Gasteiger partial charge in [0.15, 0.2) is 0 Å². The summed E-state index contributed by atoms with van der Waals surface area (Å²) in [6.45, 7) is 13.0. The third-order valence-electron chi connectivity index (χ3n) is 4.86. The van der Waals surface area contributed by atoms with Crippen LogP contribution < -0.4 is 5.32 Å². The maximum absolute atomic E-state index is 12.3. The van der Waals surface area contributed by atoms with E-state index in [1.807, 2.05) is 19.1 Å². The fraction of sp³-hybridized carbons (Fsp3) is 0.524. The minimum atomic E-state index is -0.0201. The zero-order valence-electron chi connectivity index (χ0n) is 16.6. The van der Waals surface area contributed by atoms with E-state index in [-0.39, 0.29) is 12.3 Å². The van der Waals surface area contributed by atoms with Crippen LogP contribution >= 0.6 is 0 Å². The van der Waals surface area contributed by atoms with Gasteiger partial charge < -0.3 is 9.73 Å². The Morgan fingerprint density at radius 2 is 1.85 bits per heavy atom. The van der Waals surface area contributed by atoms with Gasteiger partial charge in [-0.05, 0) is 51.1 Å². The molecule has 26 heavy (non-hydrogen) atoms. The van der Waals surface area contributed by atoms with E-state index in [0.717, 1.165) is 25.1 Å². The second kappa shape index (κ2) is 9.53. The van der Waals surface area contributed by atoms with Crippen LogP contribution in [0, 0.1) is 6.92 Å². The first-order chi connectivity index (χ1) is 12.5. The van der Waals surface area contributed by atoms with E-state index < -0.39 is 0 Å². The fourth-order valence-corrected chi connectivity index (χ4v) is 3.05. The highest BCUT2D eigenvalue weighted by Crippen LogP contribution is 2.22. The van der Waals surface area contributed by atoms with Crippen molar-refractivity contribution in [1.82, 2.24) is 15.2 Å². The second-order valence-electron chi connectivity index (χ2n) is 6.62. The molecule has 1 atom stereocenters. The first-order valence-electron chi connectivity index (χ1n) is 9.54. The lowest BCUT2D eigenvalue weighted by Gasteiger charge is -2.26. The first kappa shape index (κ1) is 20.2. The highest BCUT2D eigenvalue weighted by molar-refractivity contribution is 5.78. The summed E-state index contributed by atoms with van der Waals surface area (Å²) in [7, 11) is 0. The quantitative estimate of drug-likeness (QED) is 0.745. The van der Waals surface area contributed by atoms with Crippen LogP contribution in [0.25, 0.3) is 11.5 Å². The monoisotopic (exact) mass is 357 g/mol. The molecule has 1 N–H and O–H groups in total. The van der Waals surface area contributed by atoms with Crippen LogP contribution in [0.2, 0.25) is 0 Å². The summed E-state index contributed by atoms with van der Waals surface area (Å²) in [5.41, 5.74) is 2.92. The molecule has 2 aromatic rings. The summed E-state index contributed by atoms with van der Waals surface area (Å²) in [6.07, 6.45) is 1.25. The van der Waals surface area contributed by atoms with Crippen molar-refractivity contribution in [2.24, 2.45) is 0 Å². The van der Waals surface area contributed by atoms with Crippen LogP contribution in [-0.4, -0.2) is 41.5 Å². The van der Waals surface area contributed by atoms with Gasteiger partial charge >= 0.3 is 0 Å². The van der Waals surface area contributed by atoms with Crippen LogP contribution in [0.5, 0.6) is 0 Å². The molecule has 1 aromatic heterocycles. The Hall–Kier alpha value is -2.14. The van der Waals surface area contributed by atoms with Gasteiger partial charge in [-0.1, -0.05) is 32.9 Å². The summed E-state index contributed by atoms with van der Waals surface area (Å²) >= 11 is 0. The molecule has 1 unspecified atom stereocenters. The standard InChI is InChI=1S/C21H31N3O2/c1-6-17-9-11-18(12-10-17)21-23-19(16(5)26-21)13-20(25)22-14-15(4)24(7-2)8-3/h9-12,15H,6-8,13-14H2,1-5H3,(H,22,25). The summed E-state index contributed by atoms with van der Waals surface area (Å²) in [6, 6.07) is 8.51. The fourth-order valence-electron chi connectivity index (χ4n) is 3.05. The molecule has 0 bridgehead atoms. The van der Waals surface area contributed by atoms with Gasteiger partial charge in [0.1, 0.15) is 5.76 Å². The predicted molar refractivity (Wildman–Crippen MR) is 105 cm³/mol. The Kier molecular flexibility index (Phi) is 7.39. The van der Waals surface area contributed by atoms with Crippen molar-refractivity contribution in [2.75, 3.05) is 19.6 Å². The number of carbonyl (C=O) groups is 1. The molecule has 0 aliphatic rings. The van der Waals surface area contributed by atoms with Gasteiger partial charge in [0.05, 0.1) is 12.1 Å². The average molecular weight is 357 g/mol. The van der Waals surface area contributed by atoms with Crippen LogP contribution in [0.15, 0.2) is 28.7 Å². The largest absolute Gasteiger partial charge is 0.441 e. The summed E-state index contributed by atoms with van der Waals surface area (Å²) in [5, 5.41) is 3.01. The maximum atomic E-state index is 12.3. The van der Waals surface area contributed by atoms with Crippen LogP contribution in [0.1, 0.15) is 44.7 Å². The number of aryl methyl sites for hydroxylation is 2. The summed E-state index contributed by atoms with van der Waals surface area (Å²) in [4.78, 5) is 19.1. The first-order valence-corrected chi connectivity index (χ1v) is 9.54. The number of carbonyl (C=O) groups excluding carboxylic acids is 1. The number of amides is 1. The lowest BCUT2D eigenvalue weighted by atomic mass is 10.1. The van der Waals surface area contributed by atoms with Gasteiger partial charge in [-0.15, -0.1) is 0 Å². The van der Waals surface area contributed by atoms with Crippen molar-refractivity contribution >= 4 is 5.91 Å². The van der Waals surface area contributed by atoms with Crippen molar-refractivity contribution < 1.29 is 9.21 Å². The minimum Gasteiger partial charge on any atom is -0.441 e. The minimum absolute atomic E-state index is 0.0201. The van der Waals surface area contributed by atoms with Gasteiger partial charge in [0.25, 0.3) is 0 Å². The molecular formula is C21H31N3O2. The number of oxazole rings is 1. The number of hydrogen-bond donors (Lipinski definition) is 1. The Balaban J connectivity index is 1.97. The number of nitrogens with one attached hydrogen (secondary N) is 1. The molecule has 5 nitrogen and oxygen atoms in total. The molecule has 0 spiro atoms. The van der Waals surface area contributed by atoms with Crippen LogP contribution in [0.3, 0.4) is 0 Å². The summed E-state index contributed by atoms with van der Waals surface area (Å²) in [5.74, 6) is 1.25. The third-order valence-corrected chi connectivity index (χ3v) is 4.86.